The van der Waals surface area contributed by atoms with Gasteiger partial charge in [0.2, 0.25) is 0 Å². The first-order chi connectivity index (χ1) is 9.11. The van der Waals surface area contributed by atoms with E-state index in [2.05, 4.69) is 23.7 Å². The molecule has 0 radical (unpaired) electrons. The minimum absolute atomic E-state index is 0.116. The molecule has 3 heteroatoms. The molecule has 0 unspecified atom stereocenters. The van der Waals surface area contributed by atoms with Crippen LogP contribution in [0.3, 0.4) is 0 Å². The first kappa shape index (κ1) is 14.0. The number of Topliss-reactive ketones (excluding diaryl/α,β-unsaturated/α-hetero) is 1. The van der Waals surface area contributed by atoms with Crippen molar-refractivity contribution in [1.82, 2.24) is 4.98 Å². The molecule has 1 aliphatic heterocycles. The topological polar surface area (TPSA) is 33.2 Å². The van der Waals surface area contributed by atoms with Gasteiger partial charge in [0.05, 0.1) is 11.9 Å². The molecule has 104 valence electrons. The fraction of sp³-hybridized carbons (Fsp3) is 0.625. The number of piperidine rings is 1. The van der Waals surface area contributed by atoms with Gasteiger partial charge in [-0.3, -0.25) is 9.78 Å². The second-order valence-corrected chi connectivity index (χ2v) is 5.75. The maximum absolute atomic E-state index is 11.5. The molecular weight excluding hydrogens is 236 g/mol. The number of aromatic nitrogens is 1. The minimum Gasteiger partial charge on any atom is -0.370 e. The van der Waals surface area contributed by atoms with Crippen LogP contribution in [-0.4, -0.2) is 23.9 Å². The zero-order chi connectivity index (χ0) is 13.8. The van der Waals surface area contributed by atoms with E-state index in [1.807, 2.05) is 25.3 Å². The summed E-state index contributed by atoms with van der Waals surface area (Å²) in [5.41, 5.74) is 1.73. The first-order valence-corrected chi connectivity index (χ1v) is 7.36. The van der Waals surface area contributed by atoms with Crippen LogP contribution in [0.25, 0.3) is 0 Å². The zero-order valence-electron chi connectivity index (χ0n) is 12.2. The fourth-order valence-electron chi connectivity index (χ4n) is 2.74. The highest BCUT2D eigenvalue weighted by Crippen LogP contribution is 2.27. The molecule has 1 aromatic rings. The lowest BCUT2D eigenvalue weighted by molar-refractivity contribution is 0.0983. The van der Waals surface area contributed by atoms with Crippen molar-refractivity contribution >= 4 is 11.5 Å². The Balaban J connectivity index is 1.98. The van der Waals surface area contributed by atoms with Crippen molar-refractivity contribution in [1.29, 1.82) is 0 Å². The van der Waals surface area contributed by atoms with Crippen LogP contribution < -0.4 is 4.90 Å². The molecule has 1 aromatic heterocycles. The summed E-state index contributed by atoms with van der Waals surface area (Å²) in [6.07, 6.45) is 4.88. The predicted octanol–water partition coefficient (Wildman–Crippen LogP) is 3.55. The van der Waals surface area contributed by atoms with Crippen LogP contribution in [0.4, 0.5) is 5.69 Å². The Morgan fingerprint density at radius 1 is 1.37 bits per heavy atom. The number of ketones is 1. The van der Waals surface area contributed by atoms with E-state index in [1.54, 1.807) is 0 Å². The van der Waals surface area contributed by atoms with Gasteiger partial charge >= 0.3 is 0 Å². The summed E-state index contributed by atoms with van der Waals surface area (Å²) in [6.45, 7) is 8.70. The number of carbonyl (C=O) groups is 1. The number of carbonyl (C=O) groups excluding carboxylic acids is 1. The maximum atomic E-state index is 11.5. The first-order valence-electron chi connectivity index (χ1n) is 7.36. The summed E-state index contributed by atoms with van der Waals surface area (Å²) in [5.74, 6) is 1.75. The number of anilines is 1. The average Bonchev–Trinajstić information content (AvgIpc) is 2.46. The van der Waals surface area contributed by atoms with Crippen molar-refractivity contribution in [3.63, 3.8) is 0 Å². The van der Waals surface area contributed by atoms with Gasteiger partial charge in [0.15, 0.2) is 5.78 Å². The van der Waals surface area contributed by atoms with Crippen LogP contribution in [0.2, 0.25) is 0 Å². The fourth-order valence-corrected chi connectivity index (χ4v) is 2.74. The lowest BCUT2D eigenvalue weighted by Gasteiger charge is -2.35. The number of pyridine rings is 1. The molecule has 2 heterocycles. The van der Waals surface area contributed by atoms with E-state index in [0.29, 0.717) is 12.1 Å². The van der Waals surface area contributed by atoms with Crippen molar-refractivity contribution in [3.05, 3.63) is 24.0 Å². The number of nitrogens with zero attached hydrogens (tertiary/aromatic N) is 2. The number of rotatable bonds is 4. The molecule has 0 atom stereocenters. The summed E-state index contributed by atoms with van der Waals surface area (Å²) in [4.78, 5) is 18.2. The van der Waals surface area contributed by atoms with Gasteiger partial charge < -0.3 is 4.90 Å². The van der Waals surface area contributed by atoms with Gasteiger partial charge in [0, 0.05) is 19.5 Å². The summed E-state index contributed by atoms with van der Waals surface area (Å²) in [6, 6.07) is 3.89. The second-order valence-electron chi connectivity index (χ2n) is 5.75. The van der Waals surface area contributed by atoms with Crippen LogP contribution in [0.5, 0.6) is 0 Å². The zero-order valence-corrected chi connectivity index (χ0v) is 12.2. The molecule has 0 aromatic carbocycles. The smallest absolute Gasteiger partial charge is 0.180 e. The summed E-state index contributed by atoms with van der Waals surface area (Å²) in [5, 5.41) is 0. The largest absolute Gasteiger partial charge is 0.370 e. The molecule has 0 spiro atoms. The van der Waals surface area contributed by atoms with Crippen LogP contribution >= 0.6 is 0 Å². The monoisotopic (exact) mass is 260 g/mol. The molecule has 0 N–H and O–H groups in total. The summed E-state index contributed by atoms with van der Waals surface area (Å²) >= 11 is 0. The molecule has 19 heavy (non-hydrogen) atoms. The van der Waals surface area contributed by atoms with Crippen molar-refractivity contribution < 1.29 is 4.79 Å². The third-order valence-electron chi connectivity index (χ3n) is 4.20. The minimum atomic E-state index is 0.116. The SMILES string of the molecule is CCC(=O)c1ccc(N2CCC(C(C)C)CC2)cn1. The Hall–Kier alpha value is -1.38. The van der Waals surface area contributed by atoms with Crippen molar-refractivity contribution in [3.8, 4) is 0 Å². The highest BCUT2D eigenvalue weighted by Gasteiger charge is 2.21. The van der Waals surface area contributed by atoms with Gasteiger partial charge in [-0.25, -0.2) is 0 Å². The van der Waals surface area contributed by atoms with Crippen molar-refractivity contribution in [2.24, 2.45) is 11.8 Å². The van der Waals surface area contributed by atoms with E-state index < -0.39 is 0 Å². The highest BCUT2D eigenvalue weighted by atomic mass is 16.1. The van der Waals surface area contributed by atoms with Crippen LogP contribution in [0.1, 0.15) is 50.5 Å². The molecule has 0 amide bonds. The molecule has 0 bridgehead atoms. The molecule has 0 aliphatic carbocycles. The van der Waals surface area contributed by atoms with E-state index >= 15 is 0 Å². The highest BCUT2D eigenvalue weighted by molar-refractivity contribution is 5.94. The Morgan fingerprint density at radius 2 is 2.05 bits per heavy atom. The maximum Gasteiger partial charge on any atom is 0.180 e. The third-order valence-corrected chi connectivity index (χ3v) is 4.20. The second kappa shape index (κ2) is 6.18. The van der Waals surface area contributed by atoms with Crippen molar-refractivity contribution in [2.75, 3.05) is 18.0 Å². The Bertz CT molecular complexity index is 417. The van der Waals surface area contributed by atoms with E-state index in [-0.39, 0.29) is 5.78 Å². The third kappa shape index (κ3) is 3.34. The molecule has 1 saturated heterocycles. The average molecular weight is 260 g/mol. The van der Waals surface area contributed by atoms with Crippen LogP contribution in [0, 0.1) is 11.8 Å². The normalized spacial score (nSPS) is 16.9. The number of hydrogen-bond donors (Lipinski definition) is 0. The van der Waals surface area contributed by atoms with Crippen LogP contribution in [-0.2, 0) is 0 Å². The number of hydrogen-bond acceptors (Lipinski definition) is 3. The summed E-state index contributed by atoms with van der Waals surface area (Å²) < 4.78 is 0. The van der Waals surface area contributed by atoms with E-state index in [4.69, 9.17) is 0 Å². The van der Waals surface area contributed by atoms with Gasteiger partial charge in [-0.05, 0) is 36.8 Å². The van der Waals surface area contributed by atoms with Gasteiger partial charge in [-0.1, -0.05) is 20.8 Å². The standard InChI is InChI=1S/C16H24N2O/c1-4-16(19)15-6-5-14(11-17-15)18-9-7-13(8-10-18)12(2)3/h5-6,11-13H,4,7-10H2,1-3H3. The lowest BCUT2D eigenvalue weighted by Crippen LogP contribution is -2.35. The molecule has 3 nitrogen and oxygen atoms in total. The predicted molar refractivity (Wildman–Crippen MR) is 78.6 cm³/mol. The molecular formula is C16H24N2O. The molecule has 1 fully saturated rings. The molecule has 0 saturated carbocycles. The van der Waals surface area contributed by atoms with Gasteiger partial charge in [0.25, 0.3) is 0 Å². The van der Waals surface area contributed by atoms with Gasteiger partial charge in [-0.15, -0.1) is 0 Å². The molecule has 1 aliphatic rings. The van der Waals surface area contributed by atoms with E-state index in [9.17, 15) is 4.79 Å². The molecule has 2 rings (SSSR count). The van der Waals surface area contributed by atoms with Crippen molar-refractivity contribution in [2.45, 2.75) is 40.0 Å². The van der Waals surface area contributed by atoms with E-state index in [1.165, 1.54) is 12.8 Å². The van der Waals surface area contributed by atoms with E-state index in [0.717, 1.165) is 30.6 Å². The van der Waals surface area contributed by atoms with Gasteiger partial charge in [0.1, 0.15) is 5.69 Å². The lowest BCUT2D eigenvalue weighted by atomic mass is 9.86. The van der Waals surface area contributed by atoms with Crippen LogP contribution in [0.15, 0.2) is 18.3 Å². The Kier molecular flexibility index (Phi) is 4.56. The Morgan fingerprint density at radius 3 is 2.53 bits per heavy atom. The Labute approximate surface area is 116 Å². The summed E-state index contributed by atoms with van der Waals surface area (Å²) in [7, 11) is 0. The van der Waals surface area contributed by atoms with Gasteiger partial charge in [-0.2, -0.15) is 0 Å². The quantitative estimate of drug-likeness (QED) is 0.776.